The molecule has 0 saturated carbocycles. The lowest BCUT2D eigenvalue weighted by molar-refractivity contribution is 0.0974. The van der Waals surface area contributed by atoms with Crippen LogP contribution in [0.5, 0.6) is 0 Å². The largest absolute Gasteiger partial charge is 0.378 e. The maximum absolute atomic E-state index is 12.4. The van der Waals surface area contributed by atoms with Crippen molar-refractivity contribution in [2.75, 3.05) is 31.2 Å². The van der Waals surface area contributed by atoms with Gasteiger partial charge in [0, 0.05) is 25.4 Å². The Hall–Kier alpha value is -1.07. The second-order valence-corrected chi connectivity index (χ2v) is 8.00. The highest BCUT2D eigenvalue weighted by molar-refractivity contribution is 7.18. The number of Topliss-reactive ketones (excluding diaryl/α,β-unsaturated/α-hetero) is 1. The van der Waals surface area contributed by atoms with Crippen LogP contribution in [0.15, 0.2) is 24.3 Å². The number of halogens is 2. The summed E-state index contributed by atoms with van der Waals surface area (Å²) in [5.41, 5.74) is 2.26. The Labute approximate surface area is 155 Å². The van der Waals surface area contributed by atoms with Crippen LogP contribution < -0.4 is 4.90 Å². The van der Waals surface area contributed by atoms with Crippen LogP contribution in [0.4, 0.5) is 5.00 Å². The molecule has 1 aliphatic heterocycles. The zero-order valence-corrected chi connectivity index (χ0v) is 15.4. The Balaban J connectivity index is 1.72. The molecule has 0 spiro atoms. The van der Waals surface area contributed by atoms with E-state index in [0.717, 1.165) is 48.7 Å². The maximum Gasteiger partial charge on any atom is 0.173 e. The summed E-state index contributed by atoms with van der Waals surface area (Å²) in [7, 11) is 0. The van der Waals surface area contributed by atoms with Gasteiger partial charge in [-0.25, -0.2) is 0 Å². The van der Waals surface area contributed by atoms with Crippen molar-refractivity contribution < 1.29 is 9.53 Å². The van der Waals surface area contributed by atoms with Crippen LogP contribution in [0.1, 0.15) is 39.6 Å². The molecule has 0 radical (unpaired) electrons. The van der Waals surface area contributed by atoms with Crippen molar-refractivity contribution in [3.8, 4) is 0 Å². The second-order valence-electron chi connectivity index (χ2n) is 6.16. The molecule has 1 fully saturated rings. The van der Waals surface area contributed by atoms with Crippen molar-refractivity contribution in [1.29, 1.82) is 0 Å². The van der Waals surface area contributed by atoms with Gasteiger partial charge in [0.2, 0.25) is 0 Å². The Kier molecular flexibility index (Phi) is 4.56. The summed E-state index contributed by atoms with van der Waals surface area (Å²) in [5.74, 6) is 0.462. The van der Waals surface area contributed by atoms with Crippen LogP contribution in [0.25, 0.3) is 0 Å². The molecule has 0 bridgehead atoms. The van der Waals surface area contributed by atoms with Crippen molar-refractivity contribution in [1.82, 2.24) is 0 Å². The summed E-state index contributed by atoms with van der Waals surface area (Å²) >= 11 is 13.9. The zero-order valence-electron chi connectivity index (χ0n) is 13.1. The summed E-state index contributed by atoms with van der Waals surface area (Å²) in [6, 6.07) is 7.98. The van der Waals surface area contributed by atoms with Gasteiger partial charge in [-0.1, -0.05) is 29.3 Å². The Morgan fingerprint density at radius 3 is 2.67 bits per heavy atom. The molecule has 6 heteroatoms. The molecule has 2 aliphatic rings. The zero-order chi connectivity index (χ0) is 16.7. The van der Waals surface area contributed by atoms with Gasteiger partial charge in [-0.05, 0) is 35.7 Å². The van der Waals surface area contributed by atoms with Crippen LogP contribution in [0, 0.1) is 0 Å². The lowest BCUT2D eigenvalue weighted by Gasteiger charge is -2.27. The minimum absolute atomic E-state index is 0.207. The van der Waals surface area contributed by atoms with E-state index in [-0.39, 0.29) is 11.7 Å². The van der Waals surface area contributed by atoms with Crippen molar-refractivity contribution in [2.45, 2.75) is 18.8 Å². The molecule has 1 aliphatic carbocycles. The van der Waals surface area contributed by atoms with Crippen LogP contribution in [0.2, 0.25) is 10.0 Å². The second kappa shape index (κ2) is 6.68. The van der Waals surface area contributed by atoms with Crippen molar-refractivity contribution >= 4 is 45.3 Å². The number of fused-ring (bicyclic) bond motifs is 1. The smallest absolute Gasteiger partial charge is 0.173 e. The van der Waals surface area contributed by atoms with E-state index >= 15 is 0 Å². The predicted molar refractivity (Wildman–Crippen MR) is 99.2 cm³/mol. The van der Waals surface area contributed by atoms with E-state index in [1.54, 1.807) is 11.3 Å². The average molecular weight is 382 g/mol. The number of hydrogen-bond donors (Lipinski definition) is 0. The number of carbonyl (C=O) groups is 1. The SMILES string of the molecule is O=C1CCC(c2ccc(Cl)c(Cl)c2)c2cc(N3CCOCC3)sc21. The molecule has 1 unspecified atom stereocenters. The number of thiophene rings is 1. The summed E-state index contributed by atoms with van der Waals surface area (Å²) in [5, 5.41) is 2.30. The molecule has 126 valence electrons. The van der Waals surface area contributed by atoms with Gasteiger partial charge in [-0.3, -0.25) is 4.79 Å². The van der Waals surface area contributed by atoms with Gasteiger partial charge in [0.15, 0.2) is 5.78 Å². The normalized spacial score (nSPS) is 21.0. The lowest BCUT2D eigenvalue weighted by atomic mass is 9.82. The van der Waals surface area contributed by atoms with Gasteiger partial charge in [-0.15, -0.1) is 11.3 Å². The quantitative estimate of drug-likeness (QED) is 0.732. The minimum Gasteiger partial charge on any atom is -0.378 e. The molecule has 2 heterocycles. The molecule has 1 atom stereocenters. The van der Waals surface area contributed by atoms with E-state index < -0.39 is 0 Å². The first-order chi connectivity index (χ1) is 11.6. The third-order valence-corrected chi connectivity index (χ3v) is 6.70. The predicted octanol–water partition coefficient (Wildman–Crippen LogP) is 5.00. The number of rotatable bonds is 2. The van der Waals surface area contributed by atoms with Gasteiger partial charge in [0.05, 0.1) is 33.1 Å². The molecule has 4 rings (SSSR count). The molecule has 1 aromatic heterocycles. The molecule has 0 amide bonds. The molecule has 1 aromatic carbocycles. The fourth-order valence-corrected chi connectivity index (χ4v) is 4.98. The molecular formula is C18H17Cl2NO2S. The van der Waals surface area contributed by atoms with Gasteiger partial charge in [-0.2, -0.15) is 0 Å². The number of morpholine rings is 1. The monoisotopic (exact) mass is 381 g/mol. The molecule has 3 nitrogen and oxygen atoms in total. The third kappa shape index (κ3) is 2.97. The summed E-state index contributed by atoms with van der Waals surface area (Å²) < 4.78 is 5.43. The number of hydrogen-bond acceptors (Lipinski definition) is 4. The molecule has 0 N–H and O–H groups in total. The van der Waals surface area contributed by atoms with E-state index in [4.69, 9.17) is 27.9 Å². The van der Waals surface area contributed by atoms with Gasteiger partial charge >= 0.3 is 0 Å². The summed E-state index contributed by atoms with van der Waals surface area (Å²) in [6.45, 7) is 3.25. The van der Waals surface area contributed by atoms with Crippen molar-refractivity contribution in [2.24, 2.45) is 0 Å². The number of nitrogens with zero attached hydrogens (tertiary/aromatic N) is 1. The van der Waals surface area contributed by atoms with Crippen molar-refractivity contribution in [3.63, 3.8) is 0 Å². The summed E-state index contributed by atoms with van der Waals surface area (Å²) in [6.07, 6.45) is 1.41. The first-order valence-electron chi connectivity index (χ1n) is 8.08. The number of anilines is 1. The highest BCUT2D eigenvalue weighted by atomic mass is 35.5. The highest BCUT2D eigenvalue weighted by Gasteiger charge is 2.31. The molecule has 1 saturated heterocycles. The van der Waals surface area contributed by atoms with Crippen LogP contribution in [-0.2, 0) is 4.74 Å². The fraction of sp³-hybridized carbons (Fsp3) is 0.389. The molecular weight excluding hydrogens is 365 g/mol. The van der Waals surface area contributed by atoms with Crippen LogP contribution >= 0.6 is 34.5 Å². The third-order valence-electron chi connectivity index (χ3n) is 4.71. The average Bonchev–Trinajstić information content (AvgIpc) is 3.05. The maximum atomic E-state index is 12.4. The van der Waals surface area contributed by atoms with E-state index in [2.05, 4.69) is 11.0 Å². The number of ketones is 1. The van der Waals surface area contributed by atoms with E-state index in [0.29, 0.717) is 16.5 Å². The number of ether oxygens (including phenoxy) is 1. The van der Waals surface area contributed by atoms with Gasteiger partial charge in [0.1, 0.15) is 0 Å². The van der Waals surface area contributed by atoms with E-state index in [9.17, 15) is 4.79 Å². The van der Waals surface area contributed by atoms with Crippen molar-refractivity contribution in [3.05, 3.63) is 50.3 Å². The number of benzene rings is 1. The van der Waals surface area contributed by atoms with Crippen LogP contribution in [-0.4, -0.2) is 32.1 Å². The van der Waals surface area contributed by atoms with Crippen LogP contribution in [0.3, 0.4) is 0 Å². The van der Waals surface area contributed by atoms with Gasteiger partial charge < -0.3 is 9.64 Å². The first kappa shape index (κ1) is 16.4. The summed E-state index contributed by atoms with van der Waals surface area (Å²) in [4.78, 5) is 15.6. The van der Waals surface area contributed by atoms with E-state index in [1.807, 2.05) is 18.2 Å². The van der Waals surface area contributed by atoms with Gasteiger partial charge in [0.25, 0.3) is 0 Å². The minimum atomic E-state index is 0.207. The Bertz CT molecular complexity index is 783. The topological polar surface area (TPSA) is 29.5 Å². The van der Waals surface area contributed by atoms with E-state index in [1.165, 1.54) is 5.00 Å². The Morgan fingerprint density at radius 1 is 1.12 bits per heavy atom. The fourth-order valence-electron chi connectivity index (χ4n) is 3.43. The molecule has 24 heavy (non-hydrogen) atoms. The number of carbonyl (C=O) groups excluding carboxylic acids is 1. The highest BCUT2D eigenvalue weighted by Crippen LogP contribution is 2.44. The standard InChI is InChI=1S/C18H17Cl2NO2S/c19-14-3-1-11(9-15(14)20)12-2-4-16(22)18-13(12)10-17(24-18)21-5-7-23-8-6-21/h1,3,9-10,12H,2,4-8H2. The lowest BCUT2D eigenvalue weighted by Crippen LogP contribution is -2.35. The first-order valence-corrected chi connectivity index (χ1v) is 9.65. The Morgan fingerprint density at radius 2 is 1.92 bits per heavy atom. The molecule has 2 aromatic rings.